The van der Waals surface area contributed by atoms with E-state index in [0.717, 1.165) is 56.5 Å². The second-order valence-corrected chi connectivity index (χ2v) is 8.66. The summed E-state index contributed by atoms with van der Waals surface area (Å²) in [4.78, 5) is 21.1. The molecule has 0 bridgehead atoms. The number of rotatable bonds is 5. The van der Waals surface area contributed by atoms with Crippen LogP contribution in [0.1, 0.15) is 25.3 Å². The summed E-state index contributed by atoms with van der Waals surface area (Å²) in [6, 6.07) is 8.10. The maximum atomic E-state index is 11.9. The van der Waals surface area contributed by atoms with Gasteiger partial charge in [-0.05, 0) is 49.4 Å². The highest BCUT2D eigenvalue weighted by atomic mass is 35.5. The Morgan fingerprint density at radius 3 is 2.66 bits per heavy atom. The van der Waals surface area contributed by atoms with Crippen LogP contribution in [-0.2, 0) is 16.1 Å². The van der Waals surface area contributed by atoms with Crippen LogP contribution in [0.3, 0.4) is 0 Å². The molecule has 0 spiro atoms. The number of carbonyl (C=O) groups is 1. The Balaban J connectivity index is 1.43. The minimum Gasteiger partial charge on any atom is -0.469 e. The van der Waals surface area contributed by atoms with Crippen LogP contribution in [0.15, 0.2) is 29.3 Å². The maximum Gasteiger partial charge on any atom is 0.310 e. The largest absolute Gasteiger partial charge is 0.469 e. The molecule has 1 aromatic rings. The molecule has 2 aliphatic rings. The Hall–Kier alpha value is -1.79. The first kappa shape index (κ1) is 21.9. The van der Waals surface area contributed by atoms with Crippen molar-refractivity contribution in [3.63, 3.8) is 0 Å². The molecule has 6 nitrogen and oxygen atoms in total. The quantitative estimate of drug-likeness (QED) is 0.451. The van der Waals surface area contributed by atoms with Gasteiger partial charge < -0.3 is 15.0 Å². The van der Waals surface area contributed by atoms with Gasteiger partial charge in [0, 0.05) is 38.2 Å². The second kappa shape index (κ2) is 10.3. The molecule has 2 aliphatic heterocycles. The molecule has 0 amide bonds. The molecule has 0 radical (unpaired) electrons. The summed E-state index contributed by atoms with van der Waals surface area (Å²) >= 11 is 6.30. The number of carbonyl (C=O) groups excluding carboxylic acids is 1. The number of benzene rings is 1. The van der Waals surface area contributed by atoms with E-state index in [9.17, 15) is 4.79 Å². The number of hydrogen-bond donors (Lipinski definition) is 1. The fourth-order valence-electron chi connectivity index (χ4n) is 4.38. The summed E-state index contributed by atoms with van der Waals surface area (Å²) in [5.74, 6) is 1.59. The van der Waals surface area contributed by atoms with E-state index in [2.05, 4.69) is 33.1 Å². The molecule has 0 aliphatic carbocycles. The highest BCUT2D eigenvalue weighted by Gasteiger charge is 2.37. The molecule has 160 valence electrons. The number of nitrogens with one attached hydrogen (secondary N) is 1. The standard InChI is InChI=1S/C22H33ClN4O2/c1-16-13-27(15-19(16)21(28)29-3)22(24-2)25-12-17-8-10-26(11-9-17)14-18-6-4-5-7-20(18)23/h4-7,16-17,19H,8-15H2,1-3H3,(H,24,25). The molecule has 2 atom stereocenters. The Kier molecular flexibility index (Phi) is 7.78. The lowest BCUT2D eigenvalue weighted by Crippen LogP contribution is -2.44. The fraction of sp³-hybridized carbons (Fsp3) is 0.636. The Bertz CT molecular complexity index is 719. The number of hydrogen-bond acceptors (Lipinski definition) is 4. The first-order valence-electron chi connectivity index (χ1n) is 10.5. The van der Waals surface area contributed by atoms with Gasteiger partial charge in [0.1, 0.15) is 0 Å². The molecule has 2 saturated heterocycles. The minimum absolute atomic E-state index is 0.0772. The Morgan fingerprint density at radius 1 is 1.28 bits per heavy atom. The number of aliphatic imine (C=N–C) groups is 1. The van der Waals surface area contributed by atoms with Gasteiger partial charge in [-0.2, -0.15) is 0 Å². The van der Waals surface area contributed by atoms with E-state index in [1.165, 1.54) is 12.7 Å². The van der Waals surface area contributed by atoms with Gasteiger partial charge in [0.25, 0.3) is 0 Å². The highest BCUT2D eigenvalue weighted by Crippen LogP contribution is 2.25. The van der Waals surface area contributed by atoms with Crippen LogP contribution in [0, 0.1) is 17.8 Å². The van der Waals surface area contributed by atoms with Gasteiger partial charge in [-0.1, -0.05) is 36.7 Å². The number of methoxy groups -OCH3 is 1. The predicted molar refractivity (Wildman–Crippen MR) is 117 cm³/mol. The average molecular weight is 421 g/mol. The topological polar surface area (TPSA) is 57.2 Å². The molecule has 3 rings (SSSR count). The molecule has 1 aromatic carbocycles. The third-order valence-electron chi connectivity index (χ3n) is 6.24. The van der Waals surface area contributed by atoms with Gasteiger partial charge in [0.2, 0.25) is 0 Å². The molecule has 0 saturated carbocycles. The molecule has 2 unspecified atom stereocenters. The van der Waals surface area contributed by atoms with E-state index in [4.69, 9.17) is 16.3 Å². The average Bonchev–Trinajstić information content (AvgIpc) is 3.12. The van der Waals surface area contributed by atoms with Crippen molar-refractivity contribution in [1.82, 2.24) is 15.1 Å². The van der Waals surface area contributed by atoms with Crippen molar-refractivity contribution in [2.75, 3.05) is 46.9 Å². The molecular weight excluding hydrogens is 388 g/mol. The molecule has 2 fully saturated rings. The van der Waals surface area contributed by atoms with Gasteiger partial charge in [0.15, 0.2) is 5.96 Å². The smallest absolute Gasteiger partial charge is 0.310 e. The first-order valence-corrected chi connectivity index (χ1v) is 10.9. The van der Waals surface area contributed by atoms with Crippen LogP contribution in [-0.4, -0.2) is 68.6 Å². The molecule has 1 N–H and O–H groups in total. The van der Waals surface area contributed by atoms with Crippen LogP contribution in [0.4, 0.5) is 0 Å². The number of likely N-dealkylation sites (tertiary alicyclic amines) is 2. The van der Waals surface area contributed by atoms with E-state index in [0.29, 0.717) is 12.5 Å². The van der Waals surface area contributed by atoms with Gasteiger partial charge >= 0.3 is 5.97 Å². The molecule has 7 heteroatoms. The van der Waals surface area contributed by atoms with Crippen LogP contribution in [0.25, 0.3) is 0 Å². The number of piperidine rings is 1. The summed E-state index contributed by atoms with van der Waals surface area (Å²) in [6.07, 6.45) is 2.32. The van der Waals surface area contributed by atoms with Gasteiger partial charge in [-0.3, -0.25) is 14.7 Å². The zero-order chi connectivity index (χ0) is 20.8. The molecule has 29 heavy (non-hydrogen) atoms. The second-order valence-electron chi connectivity index (χ2n) is 8.25. The Labute approximate surface area is 179 Å². The number of nitrogens with zero attached hydrogens (tertiary/aromatic N) is 3. The summed E-state index contributed by atoms with van der Waals surface area (Å²) in [5, 5.41) is 4.39. The third-order valence-corrected chi connectivity index (χ3v) is 6.60. The van der Waals surface area contributed by atoms with Crippen molar-refractivity contribution in [3.8, 4) is 0 Å². The third kappa shape index (κ3) is 5.64. The van der Waals surface area contributed by atoms with E-state index < -0.39 is 0 Å². The minimum atomic E-state index is -0.124. The van der Waals surface area contributed by atoms with Crippen LogP contribution >= 0.6 is 11.6 Å². The van der Waals surface area contributed by atoms with Crippen molar-refractivity contribution in [2.24, 2.45) is 22.7 Å². The van der Waals surface area contributed by atoms with Crippen molar-refractivity contribution in [3.05, 3.63) is 34.9 Å². The highest BCUT2D eigenvalue weighted by molar-refractivity contribution is 6.31. The van der Waals surface area contributed by atoms with Crippen molar-refractivity contribution in [1.29, 1.82) is 0 Å². The van der Waals surface area contributed by atoms with Crippen molar-refractivity contribution in [2.45, 2.75) is 26.3 Å². The lowest BCUT2D eigenvalue weighted by Gasteiger charge is -2.33. The SMILES string of the molecule is CN=C(NCC1CCN(Cc2ccccc2Cl)CC1)N1CC(C)C(C(=O)OC)C1. The monoisotopic (exact) mass is 420 g/mol. The van der Waals surface area contributed by atoms with Crippen molar-refractivity contribution < 1.29 is 9.53 Å². The lowest BCUT2D eigenvalue weighted by molar-refractivity contribution is -0.145. The van der Waals surface area contributed by atoms with E-state index >= 15 is 0 Å². The van der Waals surface area contributed by atoms with Crippen LogP contribution < -0.4 is 5.32 Å². The molecule has 2 heterocycles. The zero-order valence-electron chi connectivity index (χ0n) is 17.7. The zero-order valence-corrected chi connectivity index (χ0v) is 18.5. The van der Waals surface area contributed by atoms with E-state index in [1.807, 2.05) is 25.2 Å². The number of guanidine groups is 1. The summed E-state index contributed by atoms with van der Waals surface area (Å²) in [7, 11) is 3.27. The lowest BCUT2D eigenvalue weighted by atomic mass is 9.96. The van der Waals surface area contributed by atoms with Crippen LogP contribution in [0.2, 0.25) is 5.02 Å². The Morgan fingerprint density at radius 2 is 2.00 bits per heavy atom. The van der Waals surface area contributed by atoms with Gasteiger partial charge in [-0.25, -0.2) is 0 Å². The fourth-order valence-corrected chi connectivity index (χ4v) is 4.58. The van der Waals surface area contributed by atoms with E-state index in [-0.39, 0.29) is 17.8 Å². The number of esters is 1. The first-order chi connectivity index (χ1) is 14.0. The number of ether oxygens (including phenoxy) is 1. The molecular formula is C22H33ClN4O2. The predicted octanol–water partition coefficient (Wildman–Crippen LogP) is 2.87. The van der Waals surface area contributed by atoms with E-state index in [1.54, 1.807) is 0 Å². The summed E-state index contributed by atoms with van der Waals surface area (Å²) in [6.45, 7) is 7.61. The maximum absolute atomic E-state index is 11.9. The van der Waals surface area contributed by atoms with Gasteiger partial charge in [0.05, 0.1) is 13.0 Å². The summed E-state index contributed by atoms with van der Waals surface area (Å²) in [5.41, 5.74) is 1.20. The number of halogens is 1. The summed E-state index contributed by atoms with van der Waals surface area (Å²) < 4.78 is 4.94. The van der Waals surface area contributed by atoms with Crippen molar-refractivity contribution >= 4 is 23.5 Å². The normalized spacial score (nSPS) is 24.0. The van der Waals surface area contributed by atoms with Gasteiger partial charge in [-0.15, -0.1) is 0 Å². The van der Waals surface area contributed by atoms with Crippen LogP contribution in [0.5, 0.6) is 0 Å². The molecule has 0 aromatic heterocycles.